The second kappa shape index (κ2) is 8.69. The maximum absolute atomic E-state index is 12.7. The highest BCUT2D eigenvalue weighted by Gasteiger charge is 2.25. The predicted molar refractivity (Wildman–Crippen MR) is 117 cm³/mol. The summed E-state index contributed by atoms with van der Waals surface area (Å²) in [6.45, 7) is 5.56. The molecule has 0 spiro atoms. The Balaban J connectivity index is 1.38. The van der Waals surface area contributed by atoms with Crippen LogP contribution in [0, 0.1) is 19.8 Å². The van der Waals surface area contributed by atoms with Crippen LogP contribution in [-0.4, -0.2) is 38.7 Å². The van der Waals surface area contributed by atoms with E-state index in [1.54, 1.807) is 4.57 Å². The Morgan fingerprint density at radius 1 is 1.10 bits per heavy atom. The molecule has 0 saturated carbocycles. The van der Waals surface area contributed by atoms with Crippen molar-refractivity contribution in [1.82, 2.24) is 19.7 Å². The molecular formula is C24H28N4O2. The molecule has 1 saturated heterocycles. The number of amides is 1. The number of hydrogen-bond acceptors (Lipinski definition) is 3. The first-order valence-electron chi connectivity index (χ1n) is 10.6. The summed E-state index contributed by atoms with van der Waals surface area (Å²) in [6, 6.07) is 16.0. The van der Waals surface area contributed by atoms with E-state index >= 15 is 0 Å². The lowest BCUT2D eigenvalue weighted by Gasteiger charge is -2.32. The summed E-state index contributed by atoms with van der Waals surface area (Å²) in [7, 11) is 0. The van der Waals surface area contributed by atoms with Crippen LogP contribution in [0.2, 0.25) is 0 Å². The molecule has 2 aromatic carbocycles. The minimum Gasteiger partial charge on any atom is -0.342 e. The highest BCUT2D eigenvalue weighted by atomic mass is 16.2. The van der Waals surface area contributed by atoms with Gasteiger partial charge in [0.25, 0.3) is 0 Å². The standard InChI is InChI=1S/C24H28N4O2/c1-17-6-5-8-20(14-17)16-23(29)27-12-10-19(11-13-27)15-22-25-26-24(30)28(22)21-9-4-3-7-18(21)2/h3-9,14,19H,10-13,15-16H2,1-2H3,(H,26,30). The van der Waals surface area contributed by atoms with E-state index in [1.807, 2.05) is 61.2 Å². The SMILES string of the molecule is Cc1cccc(CC(=O)N2CCC(Cc3n[nH]c(=O)n3-c3ccccc3C)CC2)c1. The summed E-state index contributed by atoms with van der Waals surface area (Å²) in [4.78, 5) is 27.0. The number of carbonyl (C=O) groups is 1. The van der Waals surface area contributed by atoms with Gasteiger partial charge in [0, 0.05) is 19.5 Å². The molecule has 0 bridgehead atoms. The molecule has 156 valence electrons. The number of aryl methyl sites for hydroxylation is 2. The molecule has 4 rings (SSSR count). The first kappa shape index (κ1) is 20.1. The normalized spacial score (nSPS) is 14.8. The van der Waals surface area contributed by atoms with E-state index in [9.17, 15) is 9.59 Å². The van der Waals surface area contributed by atoms with E-state index in [0.717, 1.165) is 55.0 Å². The number of likely N-dealkylation sites (tertiary alicyclic amines) is 1. The minimum atomic E-state index is -0.204. The highest BCUT2D eigenvalue weighted by Crippen LogP contribution is 2.23. The van der Waals surface area contributed by atoms with Crippen LogP contribution in [0.4, 0.5) is 0 Å². The van der Waals surface area contributed by atoms with Gasteiger partial charge >= 0.3 is 5.69 Å². The summed E-state index contributed by atoms with van der Waals surface area (Å²) in [5.41, 5.74) is 3.96. The average Bonchev–Trinajstić information content (AvgIpc) is 3.09. The van der Waals surface area contributed by atoms with Crippen molar-refractivity contribution >= 4 is 5.91 Å². The largest absolute Gasteiger partial charge is 0.347 e. The van der Waals surface area contributed by atoms with Gasteiger partial charge in [-0.1, -0.05) is 48.0 Å². The lowest BCUT2D eigenvalue weighted by Crippen LogP contribution is -2.40. The molecule has 1 aromatic heterocycles. The number of benzene rings is 2. The van der Waals surface area contributed by atoms with E-state index in [-0.39, 0.29) is 11.6 Å². The van der Waals surface area contributed by atoms with Crippen LogP contribution in [0.5, 0.6) is 0 Å². The van der Waals surface area contributed by atoms with Gasteiger partial charge in [0.05, 0.1) is 12.1 Å². The minimum absolute atomic E-state index is 0.190. The molecule has 3 aromatic rings. The summed E-state index contributed by atoms with van der Waals surface area (Å²) >= 11 is 0. The fourth-order valence-corrected chi connectivity index (χ4v) is 4.28. The van der Waals surface area contributed by atoms with E-state index in [0.29, 0.717) is 12.3 Å². The Hall–Kier alpha value is -3.15. The van der Waals surface area contributed by atoms with Crippen molar-refractivity contribution in [3.8, 4) is 5.69 Å². The molecule has 0 aliphatic carbocycles. The van der Waals surface area contributed by atoms with E-state index < -0.39 is 0 Å². The third-order valence-electron chi connectivity index (χ3n) is 5.97. The molecule has 0 atom stereocenters. The zero-order chi connectivity index (χ0) is 21.1. The molecule has 1 amide bonds. The number of H-pyrrole nitrogens is 1. The lowest BCUT2D eigenvalue weighted by atomic mass is 9.92. The number of aromatic amines is 1. The van der Waals surface area contributed by atoms with Gasteiger partial charge in [0.2, 0.25) is 5.91 Å². The van der Waals surface area contributed by atoms with Crippen LogP contribution in [0.15, 0.2) is 53.3 Å². The quantitative estimate of drug-likeness (QED) is 0.710. The molecular weight excluding hydrogens is 376 g/mol. The average molecular weight is 405 g/mol. The monoisotopic (exact) mass is 404 g/mol. The summed E-state index contributed by atoms with van der Waals surface area (Å²) < 4.78 is 1.69. The van der Waals surface area contributed by atoms with Gasteiger partial charge in [0.15, 0.2) is 0 Å². The maximum atomic E-state index is 12.7. The van der Waals surface area contributed by atoms with Gasteiger partial charge in [-0.15, -0.1) is 0 Å². The Morgan fingerprint density at radius 3 is 2.60 bits per heavy atom. The lowest BCUT2D eigenvalue weighted by molar-refractivity contribution is -0.131. The fourth-order valence-electron chi connectivity index (χ4n) is 4.28. The Bertz CT molecular complexity index is 1090. The molecule has 2 heterocycles. The van der Waals surface area contributed by atoms with E-state index in [4.69, 9.17) is 0 Å². The van der Waals surface area contributed by atoms with Crippen molar-refractivity contribution in [3.63, 3.8) is 0 Å². The second-order valence-corrected chi connectivity index (χ2v) is 8.26. The van der Waals surface area contributed by atoms with Crippen LogP contribution < -0.4 is 5.69 Å². The number of nitrogens with one attached hydrogen (secondary N) is 1. The van der Waals surface area contributed by atoms with Crippen molar-refractivity contribution < 1.29 is 4.79 Å². The van der Waals surface area contributed by atoms with Crippen LogP contribution in [0.3, 0.4) is 0 Å². The van der Waals surface area contributed by atoms with Crippen molar-refractivity contribution in [1.29, 1.82) is 0 Å². The van der Waals surface area contributed by atoms with E-state index in [1.165, 1.54) is 5.56 Å². The fraction of sp³-hybridized carbons (Fsp3) is 0.375. The maximum Gasteiger partial charge on any atom is 0.347 e. The molecule has 6 heteroatoms. The number of rotatable bonds is 5. The van der Waals surface area contributed by atoms with Crippen molar-refractivity contribution in [2.75, 3.05) is 13.1 Å². The predicted octanol–water partition coefficient (Wildman–Crippen LogP) is 3.20. The van der Waals surface area contributed by atoms with E-state index in [2.05, 4.69) is 16.3 Å². The molecule has 1 N–H and O–H groups in total. The third-order valence-corrected chi connectivity index (χ3v) is 5.97. The Labute approximate surface area is 176 Å². The third kappa shape index (κ3) is 4.37. The topological polar surface area (TPSA) is 71.0 Å². The van der Waals surface area contributed by atoms with Gasteiger partial charge in [-0.05, 0) is 49.8 Å². The summed E-state index contributed by atoms with van der Waals surface area (Å²) in [5, 5.41) is 6.89. The number of nitrogens with zero attached hydrogens (tertiary/aromatic N) is 3. The molecule has 1 aliphatic rings. The van der Waals surface area contributed by atoms with Crippen LogP contribution in [0.25, 0.3) is 5.69 Å². The van der Waals surface area contributed by atoms with Gasteiger partial charge in [0.1, 0.15) is 5.82 Å². The Kier molecular flexibility index (Phi) is 5.84. The first-order chi connectivity index (χ1) is 14.5. The van der Waals surface area contributed by atoms with Gasteiger partial charge in [-0.25, -0.2) is 14.5 Å². The van der Waals surface area contributed by atoms with Crippen molar-refractivity contribution in [2.45, 2.75) is 39.5 Å². The van der Waals surface area contributed by atoms with Gasteiger partial charge < -0.3 is 4.90 Å². The second-order valence-electron chi connectivity index (χ2n) is 8.26. The molecule has 30 heavy (non-hydrogen) atoms. The smallest absolute Gasteiger partial charge is 0.342 e. The zero-order valence-corrected chi connectivity index (χ0v) is 17.6. The number of aromatic nitrogens is 3. The molecule has 1 fully saturated rings. The van der Waals surface area contributed by atoms with Crippen molar-refractivity contribution in [3.05, 3.63) is 81.5 Å². The number of piperidine rings is 1. The van der Waals surface area contributed by atoms with Crippen LogP contribution in [-0.2, 0) is 17.6 Å². The number of hydrogen-bond donors (Lipinski definition) is 1. The molecule has 1 aliphatic heterocycles. The highest BCUT2D eigenvalue weighted by molar-refractivity contribution is 5.78. The van der Waals surface area contributed by atoms with Gasteiger partial charge in [-0.3, -0.25) is 4.79 Å². The van der Waals surface area contributed by atoms with Gasteiger partial charge in [-0.2, -0.15) is 5.10 Å². The van der Waals surface area contributed by atoms with Crippen LogP contribution in [0.1, 0.15) is 35.4 Å². The molecule has 0 unspecified atom stereocenters. The molecule has 6 nitrogen and oxygen atoms in total. The first-order valence-corrected chi connectivity index (χ1v) is 10.6. The summed E-state index contributed by atoms with van der Waals surface area (Å²) in [6.07, 6.45) is 3.04. The zero-order valence-electron chi connectivity index (χ0n) is 17.6. The number of carbonyl (C=O) groups excluding carboxylic acids is 1. The number of para-hydroxylation sites is 1. The van der Waals surface area contributed by atoms with Crippen LogP contribution >= 0.6 is 0 Å². The summed E-state index contributed by atoms with van der Waals surface area (Å²) in [5.74, 6) is 1.36. The molecule has 0 radical (unpaired) electrons. The van der Waals surface area contributed by atoms with Crippen molar-refractivity contribution in [2.24, 2.45) is 5.92 Å². The Morgan fingerprint density at radius 2 is 1.87 bits per heavy atom.